The van der Waals surface area contributed by atoms with Crippen molar-refractivity contribution in [3.05, 3.63) is 56.9 Å². The highest BCUT2D eigenvalue weighted by Crippen LogP contribution is 2.43. The highest BCUT2D eigenvalue weighted by molar-refractivity contribution is 8.77. The second kappa shape index (κ2) is 13.9. The Morgan fingerprint density at radius 1 is 1.21 bits per heavy atom. The second-order valence-corrected chi connectivity index (χ2v) is 13.5. The normalized spacial score (nSPS) is 21.3. The number of rotatable bonds is 11. The quantitative estimate of drug-likeness (QED) is 0.279. The zero-order valence-corrected chi connectivity index (χ0v) is 24.6. The van der Waals surface area contributed by atoms with E-state index < -0.39 is 48.5 Å². The first kappa shape index (κ1) is 31.3. The fraction of sp³-hybridized carbons (Fsp3) is 0.593. The van der Waals surface area contributed by atoms with Crippen LogP contribution < -0.4 is 16.6 Å². The number of nitrogens with zero attached hydrogens (tertiary/aromatic N) is 1. The standard InChI is InChI=1S/C27H39N3O7S2/c1-6-10-16(11-7-2)17-14-30(25(34)29-23(17)33)24-22(21(32)19(15-31)36-24)37-26(35)28-18-12-8-9-13-20(18)38-39-27(3,4)5/h8-9,12-14,16,19,21-22,24,31-32H,6-7,10-11,15H2,1-5H3,(H,28,35)(H,29,33,34)/t19-,21-,22-,24-/m1/s1. The summed E-state index contributed by atoms with van der Waals surface area (Å²) < 4.78 is 12.5. The van der Waals surface area contributed by atoms with Gasteiger partial charge in [0.25, 0.3) is 5.56 Å². The van der Waals surface area contributed by atoms with Gasteiger partial charge >= 0.3 is 11.8 Å². The summed E-state index contributed by atoms with van der Waals surface area (Å²) in [6.45, 7) is 9.76. The van der Waals surface area contributed by atoms with Gasteiger partial charge in [0, 0.05) is 21.4 Å². The number of carbonyl (C=O) groups is 1. The van der Waals surface area contributed by atoms with E-state index in [0.717, 1.165) is 35.1 Å². The van der Waals surface area contributed by atoms with Gasteiger partial charge in [-0.25, -0.2) is 9.59 Å². The number of H-pyrrole nitrogens is 1. The summed E-state index contributed by atoms with van der Waals surface area (Å²) >= 11 is 0. The monoisotopic (exact) mass is 581 g/mol. The summed E-state index contributed by atoms with van der Waals surface area (Å²) in [5.74, 6) is -0.0711. The van der Waals surface area contributed by atoms with E-state index in [9.17, 15) is 24.6 Å². The van der Waals surface area contributed by atoms with Gasteiger partial charge in [-0.1, -0.05) is 81.2 Å². The largest absolute Gasteiger partial charge is 0.438 e. The number of carbonyl (C=O) groups excluding carboxylic acids is 1. The predicted molar refractivity (Wildman–Crippen MR) is 154 cm³/mol. The van der Waals surface area contributed by atoms with E-state index in [4.69, 9.17) is 9.47 Å². The predicted octanol–water partition coefficient (Wildman–Crippen LogP) is 4.63. The molecule has 216 valence electrons. The van der Waals surface area contributed by atoms with Crippen LogP contribution >= 0.6 is 21.6 Å². The average Bonchev–Trinajstić information content (AvgIpc) is 3.17. The minimum atomic E-state index is -1.41. The zero-order chi connectivity index (χ0) is 28.7. The first-order valence-electron chi connectivity index (χ1n) is 13.2. The molecule has 1 aromatic carbocycles. The van der Waals surface area contributed by atoms with Crippen molar-refractivity contribution in [2.45, 2.75) is 100 Å². The number of nitrogens with one attached hydrogen (secondary N) is 2. The molecule has 1 amide bonds. The number of benzene rings is 1. The Bertz CT molecular complexity index is 1220. The average molecular weight is 582 g/mol. The fourth-order valence-electron chi connectivity index (χ4n) is 4.43. The number of anilines is 1. The molecule has 0 saturated carbocycles. The molecule has 2 aromatic rings. The van der Waals surface area contributed by atoms with E-state index in [-0.39, 0.29) is 10.7 Å². The van der Waals surface area contributed by atoms with E-state index in [0.29, 0.717) is 11.3 Å². The van der Waals surface area contributed by atoms with Crippen LogP contribution in [0.4, 0.5) is 10.5 Å². The number of amides is 1. The zero-order valence-electron chi connectivity index (χ0n) is 23.0. The third kappa shape index (κ3) is 8.14. The van der Waals surface area contributed by atoms with Crippen molar-refractivity contribution in [2.75, 3.05) is 11.9 Å². The number of aliphatic hydroxyl groups excluding tert-OH is 2. The lowest BCUT2D eigenvalue weighted by atomic mass is 9.92. The molecule has 10 nitrogen and oxygen atoms in total. The molecule has 1 saturated heterocycles. The van der Waals surface area contributed by atoms with Crippen LogP contribution in [0.15, 0.2) is 44.9 Å². The Hall–Kier alpha value is -2.25. The fourth-order valence-corrected chi connectivity index (χ4v) is 6.57. The summed E-state index contributed by atoms with van der Waals surface area (Å²) in [7, 11) is 3.16. The summed E-state index contributed by atoms with van der Waals surface area (Å²) in [5.41, 5.74) is -0.285. The van der Waals surface area contributed by atoms with Crippen molar-refractivity contribution in [3.63, 3.8) is 0 Å². The topological polar surface area (TPSA) is 143 Å². The van der Waals surface area contributed by atoms with Crippen molar-refractivity contribution >= 4 is 33.4 Å². The Morgan fingerprint density at radius 2 is 1.87 bits per heavy atom. The molecule has 1 aliphatic heterocycles. The van der Waals surface area contributed by atoms with Crippen LogP contribution in [0.3, 0.4) is 0 Å². The van der Waals surface area contributed by atoms with Crippen LogP contribution in [0.5, 0.6) is 0 Å². The van der Waals surface area contributed by atoms with E-state index in [1.807, 2.05) is 26.0 Å². The summed E-state index contributed by atoms with van der Waals surface area (Å²) in [5, 5.41) is 23.3. The lowest BCUT2D eigenvalue weighted by molar-refractivity contribution is -0.0561. The molecule has 0 radical (unpaired) electrons. The maximum Gasteiger partial charge on any atom is 0.412 e. The Kier molecular flexibility index (Phi) is 11.1. The van der Waals surface area contributed by atoms with Gasteiger partial charge in [0.15, 0.2) is 12.3 Å². The Labute approximate surface area is 236 Å². The molecule has 0 spiro atoms. The van der Waals surface area contributed by atoms with Crippen molar-refractivity contribution in [1.82, 2.24) is 9.55 Å². The van der Waals surface area contributed by atoms with Crippen molar-refractivity contribution in [1.29, 1.82) is 0 Å². The Balaban J connectivity index is 1.88. The molecular formula is C27H39N3O7S2. The summed E-state index contributed by atoms with van der Waals surface area (Å²) in [6, 6.07) is 7.26. The highest BCUT2D eigenvalue weighted by atomic mass is 33.1. The number of para-hydroxylation sites is 1. The SMILES string of the molecule is CCCC(CCC)c1cn([C@@H]2O[C@H](CO)[C@@H](O)[C@H]2OC(=O)Nc2ccccc2SSC(C)(C)C)c(=O)[nH]c1=O. The van der Waals surface area contributed by atoms with E-state index in [1.54, 1.807) is 22.9 Å². The third-order valence-corrected chi connectivity index (χ3v) is 9.63. The van der Waals surface area contributed by atoms with Crippen LogP contribution in [-0.2, 0) is 9.47 Å². The van der Waals surface area contributed by atoms with Gasteiger partial charge in [0.1, 0.15) is 12.2 Å². The van der Waals surface area contributed by atoms with Crippen LogP contribution in [0.1, 0.15) is 78.0 Å². The number of aromatic nitrogens is 2. The van der Waals surface area contributed by atoms with Crippen molar-refractivity contribution < 1.29 is 24.5 Å². The van der Waals surface area contributed by atoms with Gasteiger partial charge in [-0.3, -0.25) is 19.7 Å². The molecule has 4 N–H and O–H groups in total. The molecule has 12 heteroatoms. The molecule has 1 aliphatic rings. The van der Waals surface area contributed by atoms with Crippen molar-refractivity contribution in [3.8, 4) is 0 Å². The first-order valence-corrected chi connectivity index (χ1v) is 15.4. The lowest BCUT2D eigenvalue weighted by Crippen LogP contribution is -2.42. The first-order chi connectivity index (χ1) is 18.5. The Morgan fingerprint density at radius 3 is 2.49 bits per heavy atom. The van der Waals surface area contributed by atoms with Gasteiger partial charge in [-0.05, 0) is 30.9 Å². The number of aliphatic hydroxyl groups is 2. The minimum Gasteiger partial charge on any atom is -0.438 e. The van der Waals surface area contributed by atoms with Gasteiger partial charge in [-0.2, -0.15) is 0 Å². The van der Waals surface area contributed by atoms with Crippen LogP contribution in [-0.4, -0.2) is 55.5 Å². The van der Waals surface area contributed by atoms with Crippen LogP contribution in [0, 0.1) is 0 Å². The highest BCUT2D eigenvalue weighted by Gasteiger charge is 2.47. The van der Waals surface area contributed by atoms with E-state index in [2.05, 4.69) is 31.1 Å². The second-order valence-electron chi connectivity index (χ2n) is 10.5. The van der Waals surface area contributed by atoms with Gasteiger partial charge in [0.2, 0.25) is 0 Å². The molecule has 1 fully saturated rings. The minimum absolute atomic E-state index is 0.00779. The number of aromatic amines is 1. The van der Waals surface area contributed by atoms with E-state index in [1.165, 1.54) is 17.0 Å². The summed E-state index contributed by atoms with van der Waals surface area (Å²) in [4.78, 5) is 41.7. The summed E-state index contributed by atoms with van der Waals surface area (Å²) in [6.07, 6.45) is -1.27. The number of hydrogen-bond acceptors (Lipinski definition) is 9. The molecule has 0 bridgehead atoms. The number of hydrogen-bond donors (Lipinski definition) is 4. The van der Waals surface area contributed by atoms with Gasteiger partial charge in [-0.15, -0.1) is 0 Å². The molecule has 0 unspecified atom stereocenters. The molecule has 39 heavy (non-hydrogen) atoms. The maximum atomic E-state index is 13.0. The van der Waals surface area contributed by atoms with Gasteiger partial charge < -0.3 is 19.7 Å². The molecule has 2 heterocycles. The molecule has 4 atom stereocenters. The maximum absolute atomic E-state index is 13.0. The molecular weight excluding hydrogens is 542 g/mol. The molecule has 0 aliphatic carbocycles. The molecule has 1 aromatic heterocycles. The molecule has 3 rings (SSSR count). The van der Waals surface area contributed by atoms with Crippen LogP contribution in [0.2, 0.25) is 0 Å². The van der Waals surface area contributed by atoms with Crippen LogP contribution in [0.25, 0.3) is 0 Å². The third-order valence-electron chi connectivity index (χ3n) is 6.22. The van der Waals surface area contributed by atoms with Gasteiger partial charge in [0.05, 0.1) is 12.3 Å². The number of ether oxygens (including phenoxy) is 2. The smallest absolute Gasteiger partial charge is 0.412 e. The van der Waals surface area contributed by atoms with Crippen molar-refractivity contribution in [2.24, 2.45) is 0 Å². The lowest BCUT2D eigenvalue weighted by Gasteiger charge is -2.24. The van der Waals surface area contributed by atoms with E-state index >= 15 is 0 Å².